The lowest BCUT2D eigenvalue weighted by Gasteiger charge is -2.10. The van der Waals surface area contributed by atoms with Crippen molar-refractivity contribution < 1.29 is 22.7 Å². The maximum absolute atomic E-state index is 11.8. The molecule has 0 aliphatic carbocycles. The zero-order chi connectivity index (χ0) is 11.5. The molecule has 0 bridgehead atoms. The van der Waals surface area contributed by atoms with Gasteiger partial charge in [-0.2, -0.15) is 0 Å². The van der Waals surface area contributed by atoms with Crippen LogP contribution in [-0.2, 0) is 4.79 Å². The highest BCUT2D eigenvalue weighted by Gasteiger charge is 2.31. The Balaban J connectivity index is 2.88. The van der Waals surface area contributed by atoms with E-state index in [1.807, 2.05) is 0 Å². The SMILES string of the molecule is NC(C=O)c1cccc(OC(F)(F)F)c1. The fourth-order valence-electron chi connectivity index (χ4n) is 0.998. The normalized spacial score (nSPS) is 13.3. The number of hydrogen-bond acceptors (Lipinski definition) is 3. The number of ether oxygens (including phenoxy) is 1. The van der Waals surface area contributed by atoms with Crippen molar-refractivity contribution in [3.63, 3.8) is 0 Å². The van der Waals surface area contributed by atoms with Gasteiger partial charge >= 0.3 is 6.36 Å². The predicted octanol–water partition coefficient (Wildman–Crippen LogP) is 1.78. The Morgan fingerprint density at radius 1 is 1.40 bits per heavy atom. The maximum Gasteiger partial charge on any atom is 0.573 e. The van der Waals surface area contributed by atoms with Crippen molar-refractivity contribution >= 4 is 6.29 Å². The largest absolute Gasteiger partial charge is 0.573 e. The molecular weight excluding hydrogens is 211 g/mol. The first-order valence-corrected chi connectivity index (χ1v) is 3.99. The van der Waals surface area contributed by atoms with Crippen LogP contribution in [0.4, 0.5) is 13.2 Å². The minimum absolute atomic E-state index is 0.270. The second kappa shape index (κ2) is 4.31. The molecule has 0 radical (unpaired) electrons. The molecule has 0 amide bonds. The quantitative estimate of drug-likeness (QED) is 0.788. The number of halogens is 3. The van der Waals surface area contributed by atoms with E-state index in [1.165, 1.54) is 12.1 Å². The van der Waals surface area contributed by atoms with E-state index in [1.54, 1.807) is 0 Å². The zero-order valence-electron chi connectivity index (χ0n) is 7.49. The average molecular weight is 219 g/mol. The second-order valence-corrected chi connectivity index (χ2v) is 2.78. The summed E-state index contributed by atoms with van der Waals surface area (Å²) in [6.07, 6.45) is -4.31. The molecule has 0 aliphatic heterocycles. The van der Waals surface area contributed by atoms with E-state index in [0.29, 0.717) is 6.29 Å². The molecular formula is C9H8F3NO2. The fraction of sp³-hybridized carbons (Fsp3) is 0.222. The number of alkyl halides is 3. The molecule has 0 aromatic heterocycles. The van der Waals surface area contributed by atoms with Crippen LogP contribution < -0.4 is 10.5 Å². The summed E-state index contributed by atoms with van der Waals surface area (Å²) in [6, 6.07) is 4.05. The van der Waals surface area contributed by atoms with E-state index in [4.69, 9.17) is 5.73 Å². The molecule has 0 heterocycles. The predicted molar refractivity (Wildman–Crippen MR) is 46.1 cm³/mol. The average Bonchev–Trinajstić information content (AvgIpc) is 2.14. The van der Waals surface area contributed by atoms with Crippen LogP contribution in [0.1, 0.15) is 11.6 Å². The third-order valence-corrected chi connectivity index (χ3v) is 1.62. The molecule has 0 saturated heterocycles. The van der Waals surface area contributed by atoms with E-state index in [2.05, 4.69) is 4.74 Å². The third kappa shape index (κ3) is 3.59. The highest BCUT2D eigenvalue weighted by atomic mass is 19.4. The van der Waals surface area contributed by atoms with Crippen LogP contribution in [-0.4, -0.2) is 12.6 Å². The van der Waals surface area contributed by atoms with Crippen molar-refractivity contribution in [2.24, 2.45) is 5.73 Å². The number of rotatable bonds is 3. The van der Waals surface area contributed by atoms with Crippen molar-refractivity contribution in [3.05, 3.63) is 29.8 Å². The first-order valence-electron chi connectivity index (χ1n) is 3.99. The van der Waals surface area contributed by atoms with Crippen molar-refractivity contribution in [1.82, 2.24) is 0 Å². The van der Waals surface area contributed by atoms with Crippen molar-refractivity contribution in [1.29, 1.82) is 0 Å². The topological polar surface area (TPSA) is 52.3 Å². The summed E-state index contributed by atoms with van der Waals surface area (Å²) in [6.45, 7) is 0. The Kier molecular flexibility index (Phi) is 3.31. The monoisotopic (exact) mass is 219 g/mol. The molecule has 1 aromatic rings. The molecule has 0 aliphatic rings. The van der Waals surface area contributed by atoms with Crippen molar-refractivity contribution in [2.75, 3.05) is 0 Å². The Morgan fingerprint density at radius 3 is 2.60 bits per heavy atom. The molecule has 3 nitrogen and oxygen atoms in total. The van der Waals surface area contributed by atoms with Gasteiger partial charge in [-0.1, -0.05) is 12.1 Å². The van der Waals surface area contributed by atoms with Crippen LogP contribution in [0.25, 0.3) is 0 Å². The first-order chi connectivity index (χ1) is 6.92. The van der Waals surface area contributed by atoms with Gasteiger partial charge in [0.2, 0.25) is 0 Å². The van der Waals surface area contributed by atoms with Crippen LogP contribution in [0.2, 0.25) is 0 Å². The third-order valence-electron chi connectivity index (χ3n) is 1.62. The first kappa shape index (κ1) is 11.5. The summed E-state index contributed by atoms with van der Waals surface area (Å²) in [7, 11) is 0. The van der Waals surface area contributed by atoms with Gasteiger partial charge in [0, 0.05) is 0 Å². The van der Waals surface area contributed by atoms with E-state index in [-0.39, 0.29) is 5.56 Å². The minimum Gasteiger partial charge on any atom is -0.406 e. The lowest BCUT2D eigenvalue weighted by atomic mass is 10.1. The highest BCUT2D eigenvalue weighted by Crippen LogP contribution is 2.24. The maximum atomic E-state index is 11.8. The van der Waals surface area contributed by atoms with E-state index < -0.39 is 18.2 Å². The fourth-order valence-corrected chi connectivity index (χ4v) is 0.998. The Morgan fingerprint density at radius 2 is 2.07 bits per heavy atom. The summed E-state index contributed by atoms with van der Waals surface area (Å²) < 4.78 is 39.2. The van der Waals surface area contributed by atoms with Crippen LogP contribution >= 0.6 is 0 Å². The van der Waals surface area contributed by atoms with Crippen molar-refractivity contribution in [3.8, 4) is 5.75 Å². The van der Waals surface area contributed by atoms with Gasteiger partial charge in [0.05, 0.1) is 6.04 Å². The van der Waals surface area contributed by atoms with Crippen LogP contribution in [0.15, 0.2) is 24.3 Å². The Labute approximate surface area is 83.6 Å². The summed E-state index contributed by atoms with van der Waals surface area (Å²) in [5.74, 6) is -0.391. The van der Waals surface area contributed by atoms with Gasteiger partial charge in [-0.15, -0.1) is 13.2 Å². The molecule has 1 aromatic carbocycles. The Hall–Kier alpha value is -1.56. The van der Waals surface area contributed by atoms with Crippen LogP contribution in [0.5, 0.6) is 5.75 Å². The lowest BCUT2D eigenvalue weighted by molar-refractivity contribution is -0.274. The number of carbonyl (C=O) groups excluding carboxylic acids is 1. The van der Waals surface area contributed by atoms with Gasteiger partial charge < -0.3 is 15.3 Å². The molecule has 15 heavy (non-hydrogen) atoms. The smallest absolute Gasteiger partial charge is 0.406 e. The number of aldehydes is 1. The van der Waals surface area contributed by atoms with Gasteiger partial charge in [-0.05, 0) is 17.7 Å². The standard InChI is InChI=1S/C9H8F3NO2/c10-9(11,12)15-7-3-1-2-6(4-7)8(13)5-14/h1-5,8H,13H2. The zero-order valence-corrected chi connectivity index (χ0v) is 7.49. The molecule has 1 unspecified atom stereocenters. The van der Waals surface area contributed by atoms with Gasteiger partial charge in [0.15, 0.2) is 0 Å². The minimum atomic E-state index is -4.75. The van der Waals surface area contributed by atoms with Gasteiger partial charge in [-0.25, -0.2) is 0 Å². The highest BCUT2D eigenvalue weighted by molar-refractivity contribution is 5.61. The molecule has 1 rings (SSSR count). The number of carbonyl (C=O) groups is 1. The summed E-state index contributed by atoms with van der Waals surface area (Å²) in [5, 5.41) is 0. The van der Waals surface area contributed by atoms with Gasteiger partial charge in [0.25, 0.3) is 0 Å². The van der Waals surface area contributed by atoms with Crippen molar-refractivity contribution in [2.45, 2.75) is 12.4 Å². The Bertz CT molecular complexity index is 351. The van der Waals surface area contributed by atoms with E-state index in [0.717, 1.165) is 12.1 Å². The molecule has 1 atom stereocenters. The number of benzene rings is 1. The number of hydrogen-bond donors (Lipinski definition) is 1. The lowest BCUT2D eigenvalue weighted by Crippen LogP contribution is -2.18. The van der Waals surface area contributed by atoms with E-state index in [9.17, 15) is 18.0 Å². The molecule has 2 N–H and O–H groups in total. The van der Waals surface area contributed by atoms with Crippen LogP contribution in [0, 0.1) is 0 Å². The van der Waals surface area contributed by atoms with Gasteiger partial charge in [-0.3, -0.25) is 0 Å². The van der Waals surface area contributed by atoms with Crippen LogP contribution in [0.3, 0.4) is 0 Å². The molecule has 0 fully saturated rings. The summed E-state index contributed by atoms with van der Waals surface area (Å²) in [5.41, 5.74) is 5.59. The molecule has 0 saturated carbocycles. The summed E-state index contributed by atoms with van der Waals surface area (Å²) >= 11 is 0. The molecule has 82 valence electrons. The number of nitrogens with two attached hydrogens (primary N) is 1. The van der Waals surface area contributed by atoms with Gasteiger partial charge in [0.1, 0.15) is 12.0 Å². The molecule has 6 heteroatoms. The summed E-state index contributed by atoms with van der Waals surface area (Å²) in [4.78, 5) is 10.3. The molecule has 0 spiro atoms. The van der Waals surface area contributed by atoms with E-state index >= 15 is 0 Å². The second-order valence-electron chi connectivity index (χ2n) is 2.78.